The van der Waals surface area contributed by atoms with Crippen LogP contribution in [0.4, 0.5) is 11.7 Å². The van der Waals surface area contributed by atoms with Crippen molar-refractivity contribution >= 4 is 35.5 Å². The zero-order valence-corrected chi connectivity index (χ0v) is 16.0. The Labute approximate surface area is 168 Å². The summed E-state index contributed by atoms with van der Waals surface area (Å²) >= 11 is 0. The molecule has 0 aliphatic carbocycles. The van der Waals surface area contributed by atoms with Gasteiger partial charge in [0, 0.05) is 36.6 Å². The Morgan fingerprint density at radius 2 is 2.07 bits per heavy atom. The summed E-state index contributed by atoms with van der Waals surface area (Å²) in [7, 11) is 0. The van der Waals surface area contributed by atoms with Crippen molar-refractivity contribution in [3.8, 4) is 5.75 Å². The maximum Gasteiger partial charge on any atom is 0.347 e. The first kappa shape index (κ1) is 19.2. The van der Waals surface area contributed by atoms with Gasteiger partial charge in [0.05, 0.1) is 6.61 Å². The Morgan fingerprint density at radius 3 is 2.83 bits per heavy atom. The quantitative estimate of drug-likeness (QED) is 0.746. The van der Waals surface area contributed by atoms with E-state index in [9.17, 15) is 9.90 Å². The minimum atomic E-state index is -0.716. The molecule has 4 heterocycles. The molecule has 0 unspecified atom stereocenters. The number of rotatable bonds is 5. The molecule has 2 aliphatic heterocycles. The Bertz CT molecular complexity index is 955. The van der Waals surface area contributed by atoms with E-state index in [0.717, 1.165) is 49.9 Å². The summed E-state index contributed by atoms with van der Waals surface area (Å²) < 4.78 is 11.0. The first-order valence-corrected chi connectivity index (χ1v) is 9.79. The second kappa shape index (κ2) is 8.48. The normalized spacial score (nSPS) is 17.4. The lowest BCUT2D eigenvalue weighted by molar-refractivity contribution is 0.0431. The molecule has 0 radical (unpaired) electrons. The van der Waals surface area contributed by atoms with Gasteiger partial charge in [0.15, 0.2) is 22.9 Å². The van der Waals surface area contributed by atoms with E-state index in [0.29, 0.717) is 11.7 Å². The number of furan rings is 1. The molecule has 1 fully saturated rings. The van der Waals surface area contributed by atoms with Crippen LogP contribution in [0.25, 0.3) is 11.6 Å². The smallest absolute Gasteiger partial charge is 0.347 e. The average molecular weight is 397 g/mol. The molecule has 8 nitrogen and oxygen atoms in total. The lowest BCUT2D eigenvalue weighted by Crippen LogP contribution is -2.25. The molecule has 4 rings (SSSR count). The first-order chi connectivity index (χ1) is 14.2. The summed E-state index contributed by atoms with van der Waals surface area (Å²) in [6.07, 6.45) is 9.15. The van der Waals surface area contributed by atoms with E-state index in [1.54, 1.807) is 18.5 Å². The molecule has 2 aromatic heterocycles. The molecule has 2 aromatic rings. The highest BCUT2D eigenvalue weighted by atomic mass is 16.5. The monoisotopic (exact) mass is 397 g/mol. The molecule has 2 N–H and O–H groups in total. The fourth-order valence-electron chi connectivity index (χ4n) is 3.60. The number of aliphatic imine (C=N–C) groups is 1. The van der Waals surface area contributed by atoms with Crippen LogP contribution in [-0.4, -0.2) is 53.7 Å². The van der Waals surface area contributed by atoms with Gasteiger partial charge in [-0.25, -0.2) is 14.8 Å². The Kier molecular flexibility index (Phi) is 5.62. The van der Waals surface area contributed by atoms with Gasteiger partial charge in [-0.15, -0.1) is 0 Å². The molecule has 2 aliphatic rings. The number of nitrogens with zero attached hydrogens (tertiary/aromatic N) is 3. The number of aliphatic hydroxyl groups is 1. The fraction of sp³-hybridized carbons (Fsp3) is 0.381. The summed E-state index contributed by atoms with van der Waals surface area (Å²) in [5, 5.41) is 19.8. The number of pyridine rings is 1. The number of ether oxygens (including phenoxy) is 1. The SMILES string of the molecule is O=C(OCCO)c1c(N2CCCCCC2)oc(C=C2C=Nc3ncccc32)c1O. The number of allylic oxidation sites excluding steroid dienone is 1. The van der Waals surface area contributed by atoms with Crippen molar-refractivity contribution in [3.05, 3.63) is 35.2 Å². The number of hydrogen-bond donors (Lipinski definition) is 2. The van der Waals surface area contributed by atoms with Crippen molar-refractivity contribution in [2.75, 3.05) is 31.2 Å². The van der Waals surface area contributed by atoms with Crippen molar-refractivity contribution in [1.29, 1.82) is 0 Å². The minimum absolute atomic E-state index is 0.00598. The first-order valence-electron chi connectivity index (χ1n) is 9.79. The Morgan fingerprint density at radius 1 is 1.28 bits per heavy atom. The Balaban J connectivity index is 1.74. The second-order valence-electron chi connectivity index (χ2n) is 6.99. The number of carbonyl (C=O) groups excluding carboxylic acids is 1. The van der Waals surface area contributed by atoms with Gasteiger partial charge in [0.2, 0.25) is 5.88 Å². The maximum atomic E-state index is 12.6. The number of anilines is 1. The molecule has 1 saturated heterocycles. The van der Waals surface area contributed by atoms with E-state index in [2.05, 4.69) is 9.98 Å². The van der Waals surface area contributed by atoms with E-state index < -0.39 is 5.97 Å². The van der Waals surface area contributed by atoms with Crippen molar-refractivity contribution < 1.29 is 24.2 Å². The highest BCUT2D eigenvalue weighted by Crippen LogP contribution is 2.40. The second-order valence-corrected chi connectivity index (χ2v) is 6.99. The Hall–Kier alpha value is -3.13. The number of hydrogen-bond acceptors (Lipinski definition) is 8. The van der Waals surface area contributed by atoms with Crippen molar-refractivity contribution in [2.24, 2.45) is 4.99 Å². The van der Waals surface area contributed by atoms with Crippen LogP contribution in [0.1, 0.15) is 47.4 Å². The van der Waals surface area contributed by atoms with Crippen LogP contribution in [-0.2, 0) is 4.74 Å². The van der Waals surface area contributed by atoms with Crippen LogP contribution in [0.5, 0.6) is 5.75 Å². The van der Waals surface area contributed by atoms with E-state index in [4.69, 9.17) is 14.3 Å². The van der Waals surface area contributed by atoms with Gasteiger partial charge in [0.1, 0.15) is 6.61 Å². The molecular weight excluding hydrogens is 374 g/mol. The summed E-state index contributed by atoms with van der Waals surface area (Å²) in [5.41, 5.74) is 1.55. The van der Waals surface area contributed by atoms with Crippen molar-refractivity contribution in [1.82, 2.24) is 4.98 Å². The van der Waals surface area contributed by atoms with Gasteiger partial charge in [-0.1, -0.05) is 12.8 Å². The van der Waals surface area contributed by atoms with Crippen LogP contribution in [0.15, 0.2) is 27.7 Å². The maximum absolute atomic E-state index is 12.6. The summed E-state index contributed by atoms with van der Waals surface area (Å²) in [6.45, 7) is 1.03. The molecule has 0 saturated carbocycles. The van der Waals surface area contributed by atoms with Crippen LogP contribution in [0.3, 0.4) is 0 Å². The number of aromatic hydroxyl groups is 1. The predicted octanol–water partition coefficient (Wildman–Crippen LogP) is 3.17. The third-order valence-corrected chi connectivity index (χ3v) is 5.02. The van der Waals surface area contributed by atoms with Crippen LogP contribution >= 0.6 is 0 Å². The van der Waals surface area contributed by atoms with Gasteiger partial charge in [-0.05, 0) is 31.1 Å². The summed E-state index contributed by atoms with van der Waals surface area (Å²) in [5.74, 6) is 0.0794. The molecule has 0 spiro atoms. The third kappa shape index (κ3) is 3.88. The number of aromatic nitrogens is 1. The van der Waals surface area contributed by atoms with Crippen molar-refractivity contribution in [3.63, 3.8) is 0 Å². The number of carbonyl (C=O) groups is 1. The minimum Gasteiger partial charge on any atom is -0.504 e. The number of fused-ring (bicyclic) bond motifs is 1. The third-order valence-electron chi connectivity index (χ3n) is 5.02. The summed E-state index contributed by atoms with van der Waals surface area (Å²) in [4.78, 5) is 23.0. The topological polar surface area (TPSA) is 108 Å². The largest absolute Gasteiger partial charge is 0.504 e. The molecule has 152 valence electrons. The van der Waals surface area contributed by atoms with Crippen LogP contribution in [0, 0.1) is 0 Å². The van der Waals surface area contributed by atoms with Crippen LogP contribution in [0.2, 0.25) is 0 Å². The molecule has 8 heteroatoms. The summed E-state index contributed by atoms with van der Waals surface area (Å²) in [6, 6.07) is 3.69. The molecule has 0 bridgehead atoms. The fourth-order valence-corrected chi connectivity index (χ4v) is 3.60. The van der Waals surface area contributed by atoms with Gasteiger partial charge in [0.25, 0.3) is 0 Å². The predicted molar refractivity (Wildman–Crippen MR) is 109 cm³/mol. The van der Waals surface area contributed by atoms with E-state index >= 15 is 0 Å². The lowest BCUT2D eigenvalue weighted by atomic mass is 10.1. The lowest BCUT2D eigenvalue weighted by Gasteiger charge is -2.20. The zero-order valence-electron chi connectivity index (χ0n) is 16.0. The highest BCUT2D eigenvalue weighted by molar-refractivity contribution is 6.21. The van der Waals surface area contributed by atoms with E-state index in [1.807, 2.05) is 17.0 Å². The zero-order chi connectivity index (χ0) is 20.2. The number of esters is 1. The number of aliphatic hydroxyl groups excluding tert-OH is 1. The average Bonchev–Trinajstić information content (AvgIpc) is 3.15. The van der Waals surface area contributed by atoms with Gasteiger partial charge >= 0.3 is 5.97 Å². The van der Waals surface area contributed by atoms with Gasteiger partial charge < -0.3 is 24.3 Å². The molecular formula is C21H23N3O5. The van der Waals surface area contributed by atoms with E-state index in [-0.39, 0.29) is 30.3 Å². The van der Waals surface area contributed by atoms with Gasteiger partial charge in [-0.2, -0.15) is 0 Å². The standard InChI is InChI=1S/C21H23N3O5/c25-10-11-28-21(27)17-18(26)16(29-20(17)24-8-3-1-2-4-9-24)12-14-13-23-19-15(14)6-5-7-22-19/h5-7,12-13,25-26H,1-4,8-11H2. The van der Waals surface area contributed by atoms with Crippen molar-refractivity contribution in [2.45, 2.75) is 25.7 Å². The molecule has 29 heavy (non-hydrogen) atoms. The van der Waals surface area contributed by atoms with Crippen LogP contribution < -0.4 is 4.90 Å². The van der Waals surface area contributed by atoms with Gasteiger partial charge in [-0.3, -0.25) is 0 Å². The highest BCUT2D eigenvalue weighted by Gasteiger charge is 2.30. The molecule has 0 amide bonds. The molecule has 0 atom stereocenters. The van der Waals surface area contributed by atoms with E-state index in [1.165, 1.54) is 0 Å². The molecule has 0 aromatic carbocycles.